The third kappa shape index (κ3) is 5.37. The summed E-state index contributed by atoms with van der Waals surface area (Å²) in [5, 5.41) is 4.97. The van der Waals surface area contributed by atoms with E-state index in [1.54, 1.807) is 37.3 Å². The van der Waals surface area contributed by atoms with Crippen molar-refractivity contribution in [2.75, 3.05) is 5.75 Å². The fourth-order valence-electron chi connectivity index (χ4n) is 3.09. The zero-order valence-corrected chi connectivity index (χ0v) is 19.9. The molecule has 0 unspecified atom stereocenters. The number of nitrogens with one attached hydrogen (secondary N) is 1. The van der Waals surface area contributed by atoms with Gasteiger partial charge in [-0.3, -0.25) is 14.2 Å². The summed E-state index contributed by atoms with van der Waals surface area (Å²) in [6, 6.07) is 20.2. The average Bonchev–Trinajstić information content (AvgIpc) is 2.82. The number of carbonyl (C=O) groups is 1. The van der Waals surface area contributed by atoms with Crippen LogP contribution in [-0.4, -0.2) is 26.9 Å². The first-order valence-corrected chi connectivity index (χ1v) is 11.7. The Bertz CT molecular complexity index is 1400. The van der Waals surface area contributed by atoms with Crippen molar-refractivity contribution < 1.29 is 9.18 Å². The molecule has 4 aromatic rings. The number of fused-ring (bicyclic) bond motifs is 1. The molecule has 33 heavy (non-hydrogen) atoms. The van der Waals surface area contributed by atoms with Crippen LogP contribution in [0.2, 0.25) is 0 Å². The summed E-state index contributed by atoms with van der Waals surface area (Å²) in [6.45, 7) is 1.72. The number of thioether (sulfide) groups is 1. The number of hydrazone groups is 1. The van der Waals surface area contributed by atoms with E-state index in [-0.39, 0.29) is 23.0 Å². The van der Waals surface area contributed by atoms with Crippen LogP contribution in [0.4, 0.5) is 4.39 Å². The van der Waals surface area contributed by atoms with E-state index in [2.05, 4.69) is 31.4 Å². The van der Waals surface area contributed by atoms with Crippen molar-refractivity contribution in [1.82, 2.24) is 15.0 Å². The molecule has 0 radical (unpaired) electrons. The van der Waals surface area contributed by atoms with Gasteiger partial charge in [-0.25, -0.2) is 14.8 Å². The molecule has 0 aliphatic rings. The van der Waals surface area contributed by atoms with E-state index in [1.165, 1.54) is 16.7 Å². The molecule has 6 nitrogen and oxygen atoms in total. The van der Waals surface area contributed by atoms with Crippen molar-refractivity contribution in [1.29, 1.82) is 0 Å². The lowest BCUT2D eigenvalue weighted by molar-refractivity contribution is -0.118. The fraction of sp³-hybridized carbons (Fsp3) is 0.0833. The van der Waals surface area contributed by atoms with E-state index in [0.29, 0.717) is 33.0 Å². The Morgan fingerprint density at radius 2 is 1.79 bits per heavy atom. The van der Waals surface area contributed by atoms with E-state index in [1.807, 2.05) is 30.3 Å². The van der Waals surface area contributed by atoms with Gasteiger partial charge in [0.05, 0.1) is 28.1 Å². The first kappa shape index (κ1) is 22.9. The van der Waals surface area contributed by atoms with Gasteiger partial charge in [0.15, 0.2) is 5.16 Å². The molecule has 0 aliphatic heterocycles. The lowest BCUT2D eigenvalue weighted by Gasteiger charge is -2.13. The summed E-state index contributed by atoms with van der Waals surface area (Å²) in [5.74, 6) is -0.695. The number of hydrogen-bond donors (Lipinski definition) is 1. The zero-order chi connectivity index (χ0) is 23.4. The number of carbonyl (C=O) groups excluding carboxylic acids is 1. The minimum Gasteiger partial charge on any atom is -0.272 e. The van der Waals surface area contributed by atoms with Gasteiger partial charge in [-0.2, -0.15) is 5.10 Å². The molecular weight excluding hydrogens is 507 g/mol. The predicted octanol–water partition coefficient (Wildman–Crippen LogP) is 4.92. The summed E-state index contributed by atoms with van der Waals surface area (Å²) in [4.78, 5) is 30.3. The van der Waals surface area contributed by atoms with Crippen LogP contribution in [-0.2, 0) is 4.79 Å². The number of benzene rings is 3. The molecule has 1 heterocycles. The van der Waals surface area contributed by atoms with Gasteiger partial charge in [-0.15, -0.1) is 0 Å². The number of aromatic nitrogens is 2. The highest BCUT2D eigenvalue weighted by molar-refractivity contribution is 9.10. The van der Waals surface area contributed by atoms with Crippen LogP contribution in [0.1, 0.15) is 12.5 Å². The Kier molecular flexibility index (Phi) is 7.00. The lowest BCUT2D eigenvalue weighted by atomic mass is 10.1. The van der Waals surface area contributed by atoms with Crippen LogP contribution in [0, 0.1) is 5.82 Å². The van der Waals surface area contributed by atoms with Crippen molar-refractivity contribution in [3.8, 4) is 5.69 Å². The van der Waals surface area contributed by atoms with Crippen LogP contribution >= 0.6 is 27.7 Å². The summed E-state index contributed by atoms with van der Waals surface area (Å²) in [5.41, 5.74) is 4.74. The first-order chi connectivity index (χ1) is 15.9. The molecule has 1 N–H and O–H groups in total. The highest BCUT2D eigenvalue weighted by Gasteiger charge is 2.15. The number of nitrogens with zero attached hydrogens (tertiary/aromatic N) is 3. The highest BCUT2D eigenvalue weighted by atomic mass is 79.9. The summed E-state index contributed by atoms with van der Waals surface area (Å²) in [7, 11) is 0. The van der Waals surface area contributed by atoms with E-state index < -0.39 is 0 Å². The molecule has 0 atom stereocenters. The molecule has 9 heteroatoms. The fourth-order valence-corrected chi connectivity index (χ4v) is 4.16. The minimum absolute atomic E-state index is 0.00149. The SMILES string of the molecule is C/C(=N/NC(=O)CSc1nc2ccccc2c(=O)n1-c1ccc(Br)cc1)c1ccc(F)cc1. The van der Waals surface area contributed by atoms with Crippen molar-refractivity contribution in [3.05, 3.63) is 99.0 Å². The molecular formula is C24H18BrFN4O2S. The predicted molar refractivity (Wildman–Crippen MR) is 133 cm³/mol. The number of amides is 1. The molecule has 0 spiro atoms. The third-order valence-corrected chi connectivity index (χ3v) is 6.24. The van der Waals surface area contributed by atoms with Gasteiger partial charge in [0.25, 0.3) is 11.5 Å². The summed E-state index contributed by atoms with van der Waals surface area (Å²) < 4.78 is 15.5. The van der Waals surface area contributed by atoms with Gasteiger partial charge in [0, 0.05) is 4.47 Å². The summed E-state index contributed by atoms with van der Waals surface area (Å²) >= 11 is 4.54. The highest BCUT2D eigenvalue weighted by Crippen LogP contribution is 2.22. The van der Waals surface area contributed by atoms with E-state index in [9.17, 15) is 14.0 Å². The maximum absolute atomic E-state index is 13.2. The van der Waals surface area contributed by atoms with Crippen molar-refractivity contribution in [2.24, 2.45) is 5.10 Å². The van der Waals surface area contributed by atoms with Crippen LogP contribution in [0.15, 0.2) is 92.3 Å². The molecule has 0 bridgehead atoms. The van der Waals surface area contributed by atoms with Gasteiger partial charge in [-0.05, 0) is 61.0 Å². The van der Waals surface area contributed by atoms with Crippen LogP contribution in [0.3, 0.4) is 0 Å². The Morgan fingerprint density at radius 3 is 2.52 bits per heavy atom. The molecule has 166 valence electrons. The molecule has 3 aromatic carbocycles. The van der Waals surface area contributed by atoms with E-state index in [0.717, 1.165) is 16.2 Å². The molecule has 1 amide bonds. The number of hydrogen-bond acceptors (Lipinski definition) is 5. The summed E-state index contributed by atoms with van der Waals surface area (Å²) in [6.07, 6.45) is 0. The third-order valence-electron chi connectivity index (χ3n) is 4.77. The number of rotatable bonds is 6. The molecule has 0 saturated heterocycles. The first-order valence-electron chi connectivity index (χ1n) is 9.92. The van der Waals surface area contributed by atoms with Gasteiger partial charge >= 0.3 is 0 Å². The number of para-hydroxylation sites is 1. The average molecular weight is 525 g/mol. The smallest absolute Gasteiger partial charge is 0.266 e. The Balaban J connectivity index is 1.57. The van der Waals surface area contributed by atoms with Gasteiger partial charge in [0.1, 0.15) is 5.82 Å². The number of halogens is 2. The largest absolute Gasteiger partial charge is 0.272 e. The molecule has 0 aliphatic carbocycles. The van der Waals surface area contributed by atoms with Crippen LogP contribution in [0.25, 0.3) is 16.6 Å². The van der Waals surface area contributed by atoms with Crippen LogP contribution < -0.4 is 11.0 Å². The molecule has 4 rings (SSSR count). The normalized spacial score (nSPS) is 11.5. The van der Waals surface area contributed by atoms with Gasteiger partial charge < -0.3 is 0 Å². The van der Waals surface area contributed by atoms with Crippen LogP contribution in [0.5, 0.6) is 0 Å². The molecule has 1 aromatic heterocycles. The van der Waals surface area contributed by atoms with Gasteiger partial charge in [0.2, 0.25) is 0 Å². The lowest BCUT2D eigenvalue weighted by Crippen LogP contribution is -2.24. The monoisotopic (exact) mass is 524 g/mol. The Hall–Kier alpha value is -3.30. The second kappa shape index (κ2) is 10.1. The molecule has 0 fully saturated rings. The Morgan fingerprint density at radius 1 is 1.09 bits per heavy atom. The van der Waals surface area contributed by atoms with Gasteiger partial charge in [-0.1, -0.05) is 52.0 Å². The van der Waals surface area contributed by atoms with Crippen molar-refractivity contribution >= 4 is 50.2 Å². The standard InChI is InChI=1S/C24H18BrFN4O2S/c1-15(16-6-10-18(26)11-7-16)28-29-22(31)14-33-24-27-21-5-3-2-4-20(21)23(32)30(24)19-12-8-17(25)9-13-19/h2-13H,14H2,1H3,(H,29,31)/b28-15-. The quantitative estimate of drug-likeness (QED) is 0.168. The van der Waals surface area contributed by atoms with Crippen molar-refractivity contribution in [2.45, 2.75) is 12.1 Å². The van der Waals surface area contributed by atoms with E-state index >= 15 is 0 Å². The maximum Gasteiger partial charge on any atom is 0.266 e. The maximum atomic E-state index is 13.2. The minimum atomic E-state index is -0.355. The molecule has 0 saturated carbocycles. The second-order valence-electron chi connectivity index (χ2n) is 7.06. The Labute approximate surface area is 201 Å². The van der Waals surface area contributed by atoms with E-state index in [4.69, 9.17) is 0 Å². The van der Waals surface area contributed by atoms with Crippen molar-refractivity contribution in [3.63, 3.8) is 0 Å². The topological polar surface area (TPSA) is 76.3 Å². The zero-order valence-electron chi connectivity index (χ0n) is 17.5. The second-order valence-corrected chi connectivity index (χ2v) is 8.91.